The summed E-state index contributed by atoms with van der Waals surface area (Å²) >= 11 is 0. The minimum atomic E-state index is -0.321. The van der Waals surface area contributed by atoms with E-state index in [1.165, 1.54) is 0 Å². The summed E-state index contributed by atoms with van der Waals surface area (Å²) in [5, 5.41) is 15.1. The van der Waals surface area contributed by atoms with Crippen molar-refractivity contribution in [1.82, 2.24) is 14.6 Å². The number of aliphatic hydroxyl groups is 1. The highest BCUT2D eigenvalue weighted by Gasteiger charge is 2.22. The van der Waals surface area contributed by atoms with Crippen molar-refractivity contribution in [3.05, 3.63) is 66.7 Å². The molecule has 0 unspecified atom stereocenters. The molecular formula is C24H24N4O2. The Morgan fingerprint density at radius 1 is 0.967 bits per heavy atom. The summed E-state index contributed by atoms with van der Waals surface area (Å²) in [5.41, 5.74) is 4.61. The molecule has 3 heterocycles. The molecule has 0 aliphatic carbocycles. The lowest BCUT2D eigenvalue weighted by Gasteiger charge is -2.32. The first-order chi connectivity index (χ1) is 14.7. The Labute approximate surface area is 175 Å². The topological polar surface area (TPSA) is 62.9 Å². The summed E-state index contributed by atoms with van der Waals surface area (Å²) in [6, 6.07) is 22.1. The molecule has 1 aliphatic heterocycles. The Morgan fingerprint density at radius 3 is 2.47 bits per heavy atom. The lowest BCUT2D eigenvalue weighted by Crippen LogP contribution is -2.39. The van der Waals surface area contributed by atoms with E-state index in [-0.39, 0.29) is 6.10 Å². The van der Waals surface area contributed by atoms with Crippen LogP contribution >= 0.6 is 0 Å². The van der Waals surface area contributed by atoms with E-state index >= 15 is 0 Å². The number of ether oxygens (including phenoxy) is 1. The molecule has 2 aromatic heterocycles. The van der Waals surface area contributed by atoms with Crippen LogP contribution in [0.25, 0.3) is 28.2 Å². The maximum absolute atomic E-state index is 10.2. The Bertz CT molecular complexity index is 1160. The second-order valence-electron chi connectivity index (χ2n) is 7.64. The zero-order valence-electron chi connectivity index (χ0n) is 16.9. The number of fused-ring (bicyclic) bond motifs is 1. The molecule has 4 aromatic rings. The van der Waals surface area contributed by atoms with Crippen molar-refractivity contribution in [2.24, 2.45) is 0 Å². The van der Waals surface area contributed by atoms with Crippen LogP contribution in [0.15, 0.2) is 66.7 Å². The average molecular weight is 400 g/mol. The zero-order chi connectivity index (χ0) is 20.5. The first-order valence-electron chi connectivity index (χ1n) is 10.2. The lowest BCUT2D eigenvalue weighted by molar-refractivity contribution is 0.153. The van der Waals surface area contributed by atoms with Crippen molar-refractivity contribution in [3.63, 3.8) is 0 Å². The summed E-state index contributed by atoms with van der Waals surface area (Å²) in [6.45, 7) is 1.49. The standard InChI is InChI=1S/C24H24N4O2/c1-30-20-11-9-18(10-12-20)22-14-23-25-21(17-6-3-2-4-7-17)15-24(28(23)26-22)27-13-5-8-19(29)16-27/h2-4,6-7,9-12,14-15,19,29H,5,8,13,16H2,1H3/t19-/m1/s1. The molecule has 1 atom stereocenters. The molecule has 0 bridgehead atoms. The second-order valence-corrected chi connectivity index (χ2v) is 7.64. The number of nitrogens with zero attached hydrogens (tertiary/aromatic N) is 4. The van der Waals surface area contributed by atoms with Gasteiger partial charge in [0.2, 0.25) is 0 Å². The quantitative estimate of drug-likeness (QED) is 0.560. The van der Waals surface area contributed by atoms with Gasteiger partial charge in [-0.3, -0.25) is 0 Å². The molecule has 1 saturated heterocycles. The summed E-state index contributed by atoms with van der Waals surface area (Å²) < 4.78 is 7.16. The number of methoxy groups -OCH3 is 1. The van der Waals surface area contributed by atoms with Crippen molar-refractivity contribution < 1.29 is 9.84 Å². The fourth-order valence-electron chi connectivity index (χ4n) is 4.01. The van der Waals surface area contributed by atoms with E-state index in [0.29, 0.717) is 6.54 Å². The van der Waals surface area contributed by atoms with Gasteiger partial charge in [0.05, 0.1) is 24.6 Å². The van der Waals surface area contributed by atoms with Gasteiger partial charge in [0.25, 0.3) is 0 Å². The van der Waals surface area contributed by atoms with Crippen LogP contribution in [-0.2, 0) is 0 Å². The monoisotopic (exact) mass is 400 g/mol. The van der Waals surface area contributed by atoms with Crippen molar-refractivity contribution in [2.45, 2.75) is 18.9 Å². The number of aliphatic hydroxyl groups excluding tert-OH is 1. The molecule has 2 aromatic carbocycles. The summed E-state index contributed by atoms with van der Waals surface area (Å²) in [6.07, 6.45) is 1.48. The number of hydrogen-bond acceptors (Lipinski definition) is 5. The van der Waals surface area contributed by atoms with Crippen LogP contribution < -0.4 is 9.64 Å². The first kappa shape index (κ1) is 18.6. The van der Waals surface area contributed by atoms with Crippen LogP contribution in [0.2, 0.25) is 0 Å². The highest BCUT2D eigenvalue weighted by Crippen LogP contribution is 2.29. The maximum Gasteiger partial charge on any atom is 0.158 e. The largest absolute Gasteiger partial charge is 0.497 e. The Hall–Kier alpha value is -3.38. The van der Waals surface area contributed by atoms with Gasteiger partial charge in [0.1, 0.15) is 11.6 Å². The van der Waals surface area contributed by atoms with Crippen LogP contribution in [0.4, 0.5) is 5.82 Å². The third-order valence-electron chi connectivity index (χ3n) is 5.58. The lowest BCUT2D eigenvalue weighted by atomic mass is 10.1. The molecule has 5 rings (SSSR count). The Kier molecular flexibility index (Phi) is 4.85. The minimum Gasteiger partial charge on any atom is -0.497 e. The second kappa shape index (κ2) is 7.80. The fourth-order valence-corrected chi connectivity index (χ4v) is 4.01. The maximum atomic E-state index is 10.2. The number of β-amino-alcohol motifs (C(OH)–C–C–N with tert-alkyl or cyclic N) is 1. The van der Waals surface area contributed by atoms with Gasteiger partial charge in [-0.15, -0.1) is 0 Å². The van der Waals surface area contributed by atoms with Crippen molar-refractivity contribution in [1.29, 1.82) is 0 Å². The van der Waals surface area contributed by atoms with Crippen LogP contribution in [0, 0.1) is 0 Å². The van der Waals surface area contributed by atoms with Crippen LogP contribution in [0.5, 0.6) is 5.75 Å². The predicted molar refractivity (Wildman–Crippen MR) is 118 cm³/mol. The number of anilines is 1. The SMILES string of the molecule is COc1ccc(-c2cc3nc(-c4ccccc4)cc(N4CCC[C@@H](O)C4)n3n2)cc1. The van der Waals surface area contributed by atoms with E-state index in [4.69, 9.17) is 14.8 Å². The third-order valence-corrected chi connectivity index (χ3v) is 5.58. The summed E-state index contributed by atoms with van der Waals surface area (Å²) in [7, 11) is 1.66. The van der Waals surface area contributed by atoms with Gasteiger partial charge in [0.15, 0.2) is 5.65 Å². The van der Waals surface area contributed by atoms with Gasteiger partial charge in [-0.05, 0) is 37.1 Å². The van der Waals surface area contributed by atoms with E-state index in [0.717, 1.165) is 59.1 Å². The van der Waals surface area contributed by atoms with Crippen LogP contribution in [-0.4, -0.2) is 46.0 Å². The predicted octanol–water partition coefficient (Wildman–Crippen LogP) is 4.03. The van der Waals surface area contributed by atoms with E-state index in [1.807, 2.05) is 53.0 Å². The number of piperidine rings is 1. The van der Waals surface area contributed by atoms with Crippen molar-refractivity contribution >= 4 is 11.5 Å². The Balaban J connectivity index is 1.65. The molecule has 0 amide bonds. The third kappa shape index (κ3) is 3.50. The van der Waals surface area contributed by atoms with Crippen molar-refractivity contribution in [2.75, 3.05) is 25.1 Å². The van der Waals surface area contributed by atoms with Gasteiger partial charge in [0, 0.05) is 36.3 Å². The Morgan fingerprint density at radius 2 is 1.73 bits per heavy atom. The minimum absolute atomic E-state index is 0.321. The van der Waals surface area contributed by atoms with Crippen LogP contribution in [0.1, 0.15) is 12.8 Å². The number of benzene rings is 2. The van der Waals surface area contributed by atoms with E-state index in [1.54, 1.807) is 7.11 Å². The summed E-state index contributed by atoms with van der Waals surface area (Å²) in [4.78, 5) is 7.09. The first-order valence-corrected chi connectivity index (χ1v) is 10.2. The molecular weight excluding hydrogens is 376 g/mol. The smallest absolute Gasteiger partial charge is 0.158 e. The molecule has 0 spiro atoms. The van der Waals surface area contributed by atoms with E-state index in [2.05, 4.69) is 23.1 Å². The van der Waals surface area contributed by atoms with E-state index < -0.39 is 0 Å². The number of hydrogen-bond donors (Lipinski definition) is 1. The molecule has 152 valence electrons. The van der Waals surface area contributed by atoms with E-state index in [9.17, 15) is 5.11 Å². The fraction of sp³-hybridized carbons (Fsp3) is 0.250. The van der Waals surface area contributed by atoms with Gasteiger partial charge >= 0.3 is 0 Å². The molecule has 1 N–H and O–H groups in total. The molecule has 0 radical (unpaired) electrons. The summed E-state index contributed by atoms with van der Waals surface area (Å²) in [5.74, 6) is 1.77. The van der Waals surface area contributed by atoms with Crippen LogP contribution in [0.3, 0.4) is 0 Å². The normalized spacial score (nSPS) is 16.7. The number of aromatic nitrogens is 3. The number of rotatable bonds is 4. The molecule has 1 aliphatic rings. The van der Waals surface area contributed by atoms with Gasteiger partial charge in [-0.25, -0.2) is 4.98 Å². The molecule has 6 nitrogen and oxygen atoms in total. The van der Waals surface area contributed by atoms with Crippen molar-refractivity contribution in [3.8, 4) is 28.3 Å². The molecule has 1 fully saturated rings. The molecule has 6 heteroatoms. The highest BCUT2D eigenvalue weighted by molar-refractivity contribution is 5.71. The van der Waals surface area contributed by atoms with Gasteiger partial charge in [-0.1, -0.05) is 30.3 Å². The molecule has 30 heavy (non-hydrogen) atoms. The molecule has 0 saturated carbocycles. The average Bonchev–Trinajstić information content (AvgIpc) is 3.23. The highest BCUT2D eigenvalue weighted by atomic mass is 16.5. The zero-order valence-corrected chi connectivity index (χ0v) is 16.9. The van der Waals surface area contributed by atoms with Gasteiger partial charge < -0.3 is 14.7 Å². The van der Waals surface area contributed by atoms with Gasteiger partial charge in [-0.2, -0.15) is 9.61 Å².